The van der Waals surface area contributed by atoms with Crippen molar-refractivity contribution < 1.29 is 4.79 Å². The second-order valence-corrected chi connectivity index (χ2v) is 3.21. The Morgan fingerprint density at radius 2 is 2.20 bits per heavy atom. The third kappa shape index (κ3) is 3.08. The van der Waals surface area contributed by atoms with Gasteiger partial charge in [-0.3, -0.25) is 4.79 Å². The van der Waals surface area contributed by atoms with E-state index in [0.29, 0.717) is 5.75 Å². The van der Waals surface area contributed by atoms with Crippen molar-refractivity contribution in [2.75, 3.05) is 26.1 Å². The number of hydrogen-bond acceptors (Lipinski definition) is 3. The van der Waals surface area contributed by atoms with E-state index >= 15 is 0 Å². The third-order valence-corrected chi connectivity index (χ3v) is 1.80. The molecular weight excluding hydrogens is 148 g/mol. The van der Waals surface area contributed by atoms with Gasteiger partial charge in [-0.15, -0.1) is 0 Å². The molecule has 0 saturated carbocycles. The number of thioether (sulfide) groups is 1. The smallest absolute Gasteiger partial charge is 0.239 e. The first kappa shape index (κ1) is 9.78. The second-order valence-electron chi connectivity index (χ2n) is 2.29. The molecule has 0 fully saturated rings. The molecule has 4 heteroatoms. The highest BCUT2D eigenvalue weighted by Gasteiger charge is 2.13. The number of carbonyl (C=O) groups is 1. The van der Waals surface area contributed by atoms with Crippen LogP contribution in [0.4, 0.5) is 0 Å². The Kier molecular flexibility index (Phi) is 4.47. The molecule has 2 N–H and O–H groups in total. The largest absolute Gasteiger partial charge is 0.347 e. The lowest BCUT2D eigenvalue weighted by Gasteiger charge is -2.15. The predicted octanol–water partition coefficient (Wildman–Crippen LogP) is -0.235. The van der Waals surface area contributed by atoms with E-state index < -0.39 is 0 Å². The zero-order chi connectivity index (χ0) is 8.15. The average molecular weight is 162 g/mol. The fourth-order valence-electron chi connectivity index (χ4n) is 0.582. The Morgan fingerprint density at radius 3 is 2.50 bits per heavy atom. The summed E-state index contributed by atoms with van der Waals surface area (Å²) < 4.78 is 0. The average Bonchev–Trinajstić information content (AvgIpc) is 1.87. The van der Waals surface area contributed by atoms with E-state index in [2.05, 4.69) is 0 Å². The van der Waals surface area contributed by atoms with Gasteiger partial charge in [-0.05, 0) is 6.26 Å². The van der Waals surface area contributed by atoms with Gasteiger partial charge in [-0.25, -0.2) is 0 Å². The summed E-state index contributed by atoms with van der Waals surface area (Å²) in [5.41, 5.74) is 5.52. The molecule has 60 valence electrons. The number of hydrogen-bond donors (Lipinski definition) is 1. The normalized spacial score (nSPS) is 12.8. The van der Waals surface area contributed by atoms with E-state index in [0.717, 1.165) is 0 Å². The first-order chi connectivity index (χ1) is 4.59. The number of amides is 1. The monoisotopic (exact) mass is 162 g/mol. The zero-order valence-corrected chi connectivity index (χ0v) is 7.44. The predicted molar refractivity (Wildman–Crippen MR) is 45.1 cm³/mol. The summed E-state index contributed by atoms with van der Waals surface area (Å²) in [5.74, 6) is 0.686. The van der Waals surface area contributed by atoms with Crippen LogP contribution >= 0.6 is 11.8 Å². The molecule has 1 amide bonds. The van der Waals surface area contributed by atoms with Gasteiger partial charge in [-0.1, -0.05) is 0 Å². The molecular formula is C6H14N2OS. The highest BCUT2D eigenvalue weighted by Crippen LogP contribution is 1.96. The maximum absolute atomic E-state index is 11.0. The van der Waals surface area contributed by atoms with E-state index in [-0.39, 0.29) is 11.9 Å². The summed E-state index contributed by atoms with van der Waals surface area (Å²) in [5, 5.41) is 0. The van der Waals surface area contributed by atoms with Crippen molar-refractivity contribution in [3.05, 3.63) is 0 Å². The second kappa shape index (κ2) is 4.57. The highest BCUT2D eigenvalue weighted by molar-refractivity contribution is 7.98. The van der Waals surface area contributed by atoms with Crippen LogP contribution in [0.3, 0.4) is 0 Å². The topological polar surface area (TPSA) is 46.3 Å². The van der Waals surface area contributed by atoms with Crippen molar-refractivity contribution in [2.45, 2.75) is 6.04 Å². The van der Waals surface area contributed by atoms with E-state index in [9.17, 15) is 4.79 Å². The van der Waals surface area contributed by atoms with Gasteiger partial charge < -0.3 is 10.6 Å². The lowest BCUT2D eigenvalue weighted by Crippen LogP contribution is -2.41. The SMILES string of the molecule is CSC[C@@H](N)C(=O)N(C)C. The molecule has 0 spiro atoms. The van der Waals surface area contributed by atoms with Gasteiger partial charge in [0.05, 0.1) is 6.04 Å². The third-order valence-electron chi connectivity index (χ3n) is 1.10. The Balaban J connectivity index is 3.71. The maximum Gasteiger partial charge on any atom is 0.239 e. The molecule has 0 aromatic rings. The molecule has 0 rings (SSSR count). The number of likely N-dealkylation sites (N-methyl/N-ethyl adjacent to an activating group) is 1. The fourth-order valence-corrected chi connectivity index (χ4v) is 1.08. The first-order valence-corrected chi connectivity index (χ1v) is 4.44. The van der Waals surface area contributed by atoms with Gasteiger partial charge in [0.15, 0.2) is 0 Å². The number of rotatable bonds is 3. The van der Waals surface area contributed by atoms with Crippen LogP contribution in [0.15, 0.2) is 0 Å². The Labute approximate surface area is 65.9 Å². The molecule has 0 aliphatic rings. The summed E-state index contributed by atoms with van der Waals surface area (Å²) in [7, 11) is 3.42. The van der Waals surface area contributed by atoms with E-state index in [1.54, 1.807) is 25.9 Å². The summed E-state index contributed by atoms with van der Waals surface area (Å²) in [6, 6.07) is -0.343. The lowest BCUT2D eigenvalue weighted by molar-refractivity contribution is -0.129. The first-order valence-electron chi connectivity index (χ1n) is 3.05. The number of nitrogens with zero attached hydrogens (tertiary/aromatic N) is 1. The molecule has 0 radical (unpaired) electrons. The molecule has 10 heavy (non-hydrogen) atoms. The molecule has 3 nitrogen and oxygen atoms in total. The van der Waals surface area contributed by atoms with E-state index in [4.69, 9.17) is 5.73 Å². The quantitative estimate of drug-likeness (QED) is 0.623. The minimum Gasteiger partial charge on any atom is -0.347 e. The van der Waals surface area contributed by atoms with E-state index in [1.165, 1.54) is 4.90 Å². The van der Waals surface area contributed by atoms with Crippen LogP contribution in [0.1, 0.15) is 0 Å². The van der Waals surface area contributed by atoms with Gasteiger partial charge in [0.2, 0.25) is 5.91 Å². The molecule has 1 atom stereocenters. The fraction of sp³-hybridized carbons (Fsp3) is 0.833. The van der Waals surface area contributed by atoms with Crippen LogP contribution in [0.5, 0.6) is 0 Å². The molecule has 0 bridgehead atoms. The summed E-state index contributed by atoms with van der Waals surface area (Å²) in [6.07, 6.45) is 1.93. The summed E-state index contributed by atoms with van der Waals surface area (Å²) in [6.45, 7) is 0. The van der Waals surface area contributed by atoms with Crippen molar-refractivity contribution in [1.82, 2.24) is 4.90 Å². The Morgan fingerprint density at radius 1 is 1.70 bits per heavy atom. The van der Waals surface area contributed by atoms with Crippen LogP contribution in [0, 0.1) is 0 Å². The molecule has 0 aromatic heterocycles. The molecule has 0 heterocycles. The lowest BCUT2D eigenvalue weighted by atomic mass is 10.3. The van der Waals surface area contributed by atoms with Gasteiger partial charge in [0.1, 0.15) is 0 Å². The van der Waals surface area contributed by atoms with Crippen LogP contribution < -0.4 is 5.73 Å². The molecule has 0 unspecified atom stereocenters. The Hall–Kier alpha value is -0.220. The van der Waals surface area contributed by atoms with Crippen LogP contribution in [-0.4, -0.2) is 43.0 Å². The van der Waals surface area contributed by atoms with Crippen LogP contribution in [0.25, 0.3) is 0 Å². The zero-order valence-electron chi connectivity index (χ0n) is 6.63. The molecule has 0 saturated heterocycles. The summed E-state index contributed by atoms with van der Waals surface area (Å²) >= 11 is 1.58. The molecule has 0 aromatic carbocycles. The molecule has 0 aliphatic heterocycles. The van der Waals surface area contributed by atoms with Gasteiger partial charge >= 0.3 is 0 Å². The van der Waals surface area contributed by atoms with Crippen molar-refractivity contribution in [2.24, 2.45) is 5.73 Å². The van der Waals surface area contributed by atoms with E-state index in [1.807, 2.05) is 6.26 Å². The Bertz CT molecular complexity index is 116. The van der Waals surface area contributed by atoms with Crippen molar-refractivity contribution >= 4 is 17.7 Å². The minimum absolute atomic E-state index is 0.00523. The van der Waals surface area contributed by atoms with Gasteiger partial charge in [-0.2, -0.15) is 11.8 Å². The van der Waals surface area contributed by atoms with Gasteiger partial charge in [0, 0.05) is 19.8 Å². The van der Waals surface area contributed by atoms with Crippen LogP contribution in [-0.2, 0) is 4.79 Å². The van der Waals surface area contributed by atoms with Crippen LogP contribution in [0.2, 0.25) is 0 Å². The molecule has 0 aliphatic carbocycles. The minimum atomic E-state index is -0.343. The number of carbonyl (C=O) groups excluding carboxylic acids is 1. The van der Waals surface area contributed by atoms with Crippen molar-refractivity contribution in [3.8, 4) is 0 Å². The highest BCUT2D eigenvalue weighted by atomic mass is 32.2. The van der Waals surface area contributed by atoms with Crippen molar-refractivity contribution in [1.29, 1.82) is 0 Å². The standard InChI is InChI=1S/C6H14N2OS/c1-8(2)6(9)5(7)4-10-3/h5H,4,7H2,1-3H3/t5-/m1/s1. The van der Waals surface area contributed by atoms with Gasteiger partial charge in [0.25, 0.3) is 0 Å². The summed E-state index contributed by atoms with van der Waals surface area (Å²) in [4.78, 5) is 12.5. The number of nitrogens with two attached hydrogens (primary N) is 1. The maximum atomic E-state index is 11.0. The van der Waals surface area contributed by atoms with Crippen molar-refractivity contribution in [3.63, 3.8) is 0 Å².